The molecule has 10 heavy (non-hydrogen) atoms. The van der Waals surface area contributed by atoms with Gasteiger partial charge in [-0.2, -0.15) is 0 Å². The van der Waals surface area contributed by atoms with E-state index >= 15 is 0 Å². The summed E-state index contributed by atoms with van der Waals surface area (Å²) in [6.07, 6.45) is 3.45. The molecule has 0 radical (unpaired) electrons. The van der Waals surface area contributed by atoms with E-state index in [9.17, 15) is 0 Å². The quantitative estimate of drug-likeness (QED) is 0.323. The molecule has 0 N–H and O–H groups in total. The Morgan fingerprint density at radius 1 is 1.80 bits per heavy atom. The molecule has 0 bridgehead atoms. The fourth-order valence-corrected chi connectivity index (χ4v) is 0.922. The van der Waals surface area contributed by atoms with Crippen LogP contribution in [0, 0.1) is 0 Å². The van der Waals surface area contributed by atoms with Crippen molar-refractivity contribution in [1.82, 2.24) is 0 Å². The molecular weight excluding hydrogens is 260 g/mol. The lowest BCUT2D eigenvalue weighted by molar-refractivity contribution is 1.46. The Morgan fingerprint density at radius 2 is 2.40 bits per heavy atom. The number of nitrogens with zero attached hydrogens (tertiary/aromatic N) is 1. The fourth-order valence-electron chi connectivity index (χ4n) is 0.332. The molecule has 0 aromatic heterocycles. The van der Waals surface area contributed by atoms with Gasteiger partial charge in [-0.15, -0.1) is 0 Å². The molecule has 0 saturated heterocycles. The van der Waals surface area contributed by atoms with Crippen LogP contribution in [-0.2, 0) is 0 Å². The van der Waals surface area contributed by atoms with Crippen LogP contribution in [0.3, 0.4) is 0 Å². The molecule has 0 spiro atoms. The first kappa shape index (κ1) is 10.2. The van der Waals surface area contributed by atoms with E-state index in [-0.39, 0.29) is 0 Å². The summed E-state index contributed by atoms with van der Waals surface area (Å²) in [5, 5.41) is 0.520. The number of rotatable bonds is 3. The summed E-state index contributed by atoms with van der Waals surface area (Å²) in [5.41, 5.74) is 0.906. The molecule has 0 amide bonds. The van der Waals surface area contributed by atoms with Gasteiger partial charge in [-0.25, -0.2) is 4.99 Å². The predicted molar refractivity (Wildman–Crippen MR) is 56.1 cm³/mol. The second-order valence-electron chi connectivity index (χ2n) is 1.55. The number of alkyl halides is 1. The Morgan fingerprint density at radius 3 is 2.70 bits per heavy atom. The summed E-state index contributed by atoms with van der Waals surface area (Å²) >= 11 is 7.85. The van der Waals surface area contributed by atoms with Gasteiger partial charge < -0.3 is 0 Å². The van der Waals surface area contributed by atoms with E-state index in [0.29, 0.717) is 5.16 Å². The van der Waals surface area contributed by atoms with E-state index in [2.05, 4.69) is 34.2 Å². The average Bonchev–Trinajstić information content (AvgIpc) is 1.99. The second-order valence-corrected chi connectivity index (χ2v) is 2.70. The minimum Gasteiger partial charge on any atom is -0.241 e. The van der Waals surface area contributed by atoms with Crippen LogP contribution in [0.25, 0.3) is 0 Å². The summed E-state index contributed by atoms with van der Waals surface area (Å²) in [5.74, 6) is 0. The summed E-state index contributed by atoms with van der Waals surface area (Å²) in [7, 11) is 0. The highest BCUT2D eigenvalue weighted by atomic mass is 127. The van der Waals surface area contributed by atoms with Crippen LogP contribution >= 0.6 is 34.2 Å². The lowest BCUT2D eigenvalue weighted by atomic mass is 10.4. The highest BCUT2D eigenvalue weighted by molar-refractivity contribution is 14.1. The van der Waals surface area contributed by atoms with Crippen molar-refractivity contribution in [3.63, 3.8) is 0 Å². The highest BCUT2D eigenvalue weighted by Crippen LogP contribution is 2.04. The number of halogens is 2. The van der Waals surface area contributed by atoms with Crippen LogP contribution in [0.4, 0.5) is 0 Å². The van der Waals surface area contributed by atoms with Gasteiger partial charge in [0.15, 0.2) is 0 Å². The van der Waals surface area contributed by atoms with Gasteiger partial charge in [-0.3, -0.25) is 0 Å². The molecule has 0 aliphatic heterocycles. The first-order valence-corrected chi connectivity index (χ1v) is 4.72. The van der Waals surface area contributed by atoms with Crippen molar-refractivity contribution in [1.29, 1.82) is 0 Å². The summed E-state index contributed by atoms with van der Waals surface area (Å²) in [4.78, 5) is 4.05. The van der Waals surface area contributed by atoms with Gasteiger partial charge in [0, 0.05) is 4.43 Å². The van der Waals surface area contributed by atoms with Gasteiger partial charge in [-0.05, 0) is 13.0 Å². The van der Waals surface area contributed by atoms with E-state index in [1.807, 2.05) is 6.92 Å². The summed E-state index contributed by atoms with van der Waals surface area (Å²) < 4.78 is 0.839. The summed E-state index contributed by atoms with van der Waals surface area (Å²) in [6.45, 7) is 5.44. The molecule has 0 aliphatic carbocycles. The lowest BCUT2D eigenvalue weighted by Crippen LogP contribution is -1.92. The molecule has 0 unspecified atom stereocenters. The van der Waals surface area contributed by atoms with Crippen LogP contribution in [0.1, 0.15) is 6.92 Å². The largest absolute Gasteiger partial charge is 0.241 e. The number of hydrogen-bond acceptors (Lipinski definition) is 1. The fraction of sp³-hybridized carbons (Fsp3) is 0.286. The zero-order valence-corrected chi connectivity index (χ0v) is 8.69. The van der Waals surface area contributed by atoms with Crippen LogP contribution in [0.2, 0.25) is 0 Å². The van der Waals surface area contributed by atoms with E-state index in [0.717, 1.165) is 10.1 Å². The van der Waals surface area contributed by atoms with Crippen molar-refractivity contribution >= 4 is 39.9 Å². The van der Waals surface area contributed by atoms with Crippen molar-refractivity contribution in [3.8, 4) is 0 Å². The third kappa shape index (κ3) is 4.06. The van der Waals surface area contributed by atoms with Gasteiger partial charge in [0.1, 0.15) is 5.16 Å². The van der Waals surface area contributed by atoms with Gasteiger partial charge >= 0.3 is 0 Å². The molecule has 0 aliphatic rings. The maximum atomic E-state index is 5.64. The molecule has 0 atom stereocenters. The van der Waals surface area contributed by atoms with Gasteiger partial charge in [-0.1, -0.05) is 46.8 Å². The molecule has 0 aromatic carbocycles. The SMILES string of the molecule is C=C/C(CI)=N\C(Cl)=C/C. The molecule has 0 aromatic rings. The van der Waals surface area contributed by atoms with Crippen LogP contribution in [-0.4, -0.2) is 10.1 Å². The number of aliphatic imine (C=N–C) groups is 1. The van der Waals surface area contributed by atoms with Gasteiger partial charge in [0.25, 0.3) is 0 Å². The Kier molecular flexibility index (Phi) is 6.02. The van der Waals surface area contributed by atoms with Gasteiger partial charge in [0.2, 0.25) is 0 Å². The van der Waals surface area contributed by atoms with E-state index < -0.39 is 0 Å². The Balaban J connectivity index is 4.24. The van der Waals surface area contributed by atoms with Crippen molar-refractivity contribution in [2.24, 2.45) is 4.99 Å². The first-order valence-electron chi connectivity index (χ1n) is 2.82. The zero-order valence-electron chi connectivity index (χ0n) is 5.77. The Hall–Kier alpha value is 0.170. The van der Waals surface area contributed by atoms with E-state index in [1.165, 1.54) is 0 Å². The molecule has 0 heterocycles. The highest BCUT2D eigenvalue weighted by Gasteiger charge is 1.89. The zero-order chi connectivity index (χ0) is 7.98. The normalized spacial score (nSPS) is 13.5. The van der Waals surface area contributed by atoms with Crippen molar-refractivity contribution in [3.05, 3.63) is 23.9 Å². The molecule has 1 nitrogen and oxygen atoms in total. The maximum Gasteiger partial charge on any atom is 0.125 e. The second kappa shape index (κ2) is 5.92. The minimum atomic E-state index is 0.520. The third-order valence-electron chi connectivity index (χ3n) is 0.861. The maximum absolute atomic E-state index is 5.64. The third-order valence-corrected chi connectivity index (χ3v) is 1.95. The molecule has 3 heteroatoms. The van der Waals surface area contributed by atoms with E-state index in [4.69, 9.17) is 11.6 Å². The molecule has 56 valence electrons. The molecular formula is C7H9ClIN. The lowest BCUT2D eigenvalue weighted by Gasteiger charge is -1.92. The number of allylic oxidation sites excluding steroid dienone is 2. The van der Waals surface area contributed by atoms with Gasteiger partial charge in [0.05, 0.1) is 5.71 Å². The monoisotopic (exact) mass is 269 g/mol. The van der Waals surface area contributed by atoms with Crippen LogP contribution in [0.15, 0.2) is 28.9 Å². The van der Waals surface area contributed by atoms with Crippen molar-refractivity contribution in [2.45, 2.75) is 6.92 Å². The number of hydrogen-bond donors (Lipinski definition) is 0. The Labute approximate surface area is 80.0 Å². The van der Waals surface area contributed by atoms with Crippen LogP contribution in [0.5, 0.6) is 0 Å². The van der Waals surface area contributed by atoms with Crippen molar-refractivity contribution in [2.75, 3.05) is 4.43 Å². The first-order chi connectivity index (χ1) is 4.74. The summed E-state index contributed by atoms with van der Waals surface area (Å²) in [6, 6.07) is 0. The smallest absolute Gasteiger partial charge is 0.125 e. The molecule has 0 fully saturated rings. The van der Waals surface area contributed by atoms with E-state index in [1.54, 1.807) is 12.2 Å². The topological polar surface area (TPSA) is 12.4 Å². The predicted octanol–water partition coefficient (Wildman–Crippen LogP) is 3.15. The van der Waals surface area contributed by atoms with Crippen LogP contribution < -0.4 is 0 Å². The average molecular weight is 270 g/mol. The Bertz CT molecular complexity index is 172. The standard InChI is InChI=1S/C7H9ClIN/c1-3-6(5-9)10-7(8)4-2/h3-4H,1,5H2,2H3/b7-4-,10-6+. The van der Waals surface area contributed by atoms with Crippen molar-refractivity contribution < 1.29 is 0 Å². The molecule has 0 saturated carbocycles. The molecule has 0 rings (SSSR count). The minimum absolute atomic E-state index is 0.520.